The van der Waals surface area contributed by atoms with Gasteiger partial charge in [0.15, 0.2) is 0 Å². The molecule has 0 saturated heterocycles. The van der Waals surface area contributed by atoms with Gasteiger partial charge in [0.25, 0.3) is 0 Å². The molecule has 0 spiro atoms. The van der Waals surface area contributed by atoms with E-state index in [2.05, 4.69) is 33.0 Å². The highest BCUT2D eigenvalue weighted by Crippen LogP contribution is 2.23. The summed E-state index contributed by atoms with van der Waals surface area (Å²) in [5.74, 6) is 0. The van der Waals surface area contributed by atoms with Gasteiger partial charge in [-0.05, 0) is 30.0 Å². The monoisotopic (exact) mass is 263 g/mol. The van der Waals surface area contributed by atoms with Crippen LogP contribution in [0.3, 0.4) is 0 Å². The van der Waals surface area contributed by atoms with E-state index >= 15 is 0 Å². The van der Waals surface area contributed by atoms with Crippen LogP contribution >= 0.6 is 0 Å². The van der Waals surface area contributed by atoms with Crippen LogP contribution in [0.5, 0.6) is 0 Å². The van der Waals surface area contributed by atoms with Crippen LogP contribution in [0.15, 0.2) is 24.3 Å². The summed E-state index contributed by atoms with van der Waals surface area (Å²) in [7, 11) is 1.82. The number of carbonyl (C=O) groups is 1. The number of urea groups is 1. The van der Waals surface area contributed by atoms with Crippen molar-refractivity contribution in [1.29, 1.82) is 0 Å². The van der Waals surface area contributed by atoms with Gasteiger partial charge in [-0.15, -0.1) is 0 Å². The molecule has 1 aromatic rings. The molecule has 0 fully saturated rings. The molecule has 19 heavy (non-hydrogen) atoms. The van der Waals surface area contributed by atoms with Gasteiger partial charge in [0, 0.05) is 25.3 Å². The third-order valence-electron chi connectivity index (χ3n) is 3.60. The predicted molar refractivity (Wildman–Crippen MR) is 80.0 cm³/mol. The molecule has 106 valence electrons. The van der Waals surface area contributed by atoms with Crippen molar-refractivity contribution in [3.05, 3.63) is 29.8 Å². The highest BCUT2D eigenvalue weighted by Gasteiger charge is 2.26. The lowest BCUT2D eigenvalue weighted by atomic mass is 9.87. The number of hydrogen-bond donors (Lipinski definition) is 2. The molecule has 0 bridgehead atoms. The molecule has 0 saturated carbocycles. The summed E-state index contributed by atoms with van der Waals surface area (Å²) >= 11 is 0. The SMILES string of the molecule is CC(N(C)C(=O)Nc1ccc(CN)cc1)C(C)(C)C. The number of amides is 2. The normalized spacial score (nSPS) is 12.9. The van der Waals surface area contributed by atoms with Crippen LogP contribution in [-0.4, -0.2) is 24.0 Å². The minimum absolute atomic E-state index is 0.0511. The van der Waals surface area contributed by atoms with Gasteiger partial charge in [0.2, 0.25) is 0 Å². The highest BCUT2D eigenvalue weighted by molar-refractivity contribution is 5.89. The first-order chi connectivity index (χ1) is 8.75. The van der Waals surface area contributed by atoms with Gasteiger partial charge in [-0.25, -0.2) is 4.79 Å². The summed E-state index contributed by atoms with van der Waals surface area (Å²) < 4.78 is 0. The summed E-state index contributed by atoms with van der Waals surface area (Å²) in [6.07, 6.45) is 0. The zero-order valence-electron chi connectivity index (χ0n) is 12.5. The van der Waals surface area contributed by atoms with E-state index in [-0.39, 0.29) is 17.5 Å². The summed E-state index contributed by atoms with van der Waals surface area (Å²) in [5, 5.41) is 2.89. The molecule has 1 unspecified atom stereocenters. The van der Waals surface area contributed by atoms with Crippen molar-refractivity contribution < 1.29 is 4.79 Å². The van der Waals surface area contributed by atoms with Gasteiger partial charge >= 0.3 is 6.03 Å². The summed E-state index contributed by atoms with van der Waals surface area (Å²) in [4.78, 5) is 13.9. The quantitative estimate of drug-likeness (QED) is 0.880. The summed E-state index contributed by atoms with van der Waals surface area (Å²) in [5.41, 5.74) is 7.43. The van der Waals surface area contributed by atoms with Crippen LogP contribution in [-0.2, 0) is 6.54 Å². The van der Waals surface area contributed by atoms with Crippen LogP contribution in [0.4, 0.5) is 10.5 Å². The number of nitrogens with two attached hydrogens (primary N) is 1. The first-order valence-electron chi connectivity index (χ1n) is 6.58. The Morgan fingerprint density at radius 3 is 2.26 bits per heavy atom. The smallest absolute Gasteiger partial charge is 0.321 e. The van der Waals surface area contributed by atoms with Crippen molar-refractivity contribution in [2.24, 2.45) is 11.1 Å². The fourth-order valence-corrected chi connectivity index (χ4v) is 1.69. The average Bonchev–Trinajstić information content (AvgIpc) is 2.36. The standard InChI is InChI=1S/C15H25N3O/c1-11(15(2,3)4)18(5)14(19)17-13-8-6-12(10-16)7-9-13/h6-9,11H,10,16H2,1-5H3,(H,17,19). The second-order valence-electron chi connectivity index (χ2n) is 5.98. The van der Waals surface area contributed by atoms with Gasteiger partial charge in [-0.3, -0.25) is 0 Å². The lowest BCUT2D eigenvalue weighted by Gasteiger charge is -2.35. The number of benzene rings is 1. The largest absolute Gasteiger partial charge is 0.326 e. The number of nitrogens with zero attached hydrogens (tertiary/aromatic N) is 1. The Hall–Kier alpha value is -1.55. The fraction of sp³-hybridized carbons (Fsp3) is 0.533. The molecule has 0 aliphatic heterocycles. The molecule has 4 nitrogen and oxygen atoms in total. The molecule has 1 atom stereocenters. The number of carbonyl (C=O) groups excluding carboxylic acids is 1. The Morgan fingerprint density at radius 1 is 1.32 bits per heavy atom. The van der Waals surface area contributed by atoms with E-state index in [9.17, 15) is 4.79 Å². The van der Waals surface area contributed by atoms with Gasteiger partial charge in [-0.2, -0.15) is 0 Å². The van der Waals surface area contributed by atoms with Crippen molar-refractivity contribution in [3.8, 4) is 0 Å². The van der Waals surface area contributed by atoms with Crippen LogP contribution in [0.1, 0.15) is 33.3 Å². The van der Waals surface area contributed by atoms with E-state index in [0.29, 0.717) is 6.54 Å². The van der Waals surface area contributed by atoms with Crippen molar-refractivity contribution in [1.82, 2.24) is 4.90 Å². The molecule has 1 rings (SSSR count). The Morgan fingerprint density at radius 2 is 1.84 bits per heavy atom. The zero-order chi connectivity index (χ0) is 14.6. The molecular formula is C15H25N3O. The summed E-state index contributed by atoms with van der Waals surface area (Å²) in [6.45, 7) is 8.93. The number of nitrogens with one attached hydrogen (secondary N) is 1. The van der Waals surface area contributed by atoms with E-state index in [0.717, 1.165) is 11.3 Å². The number of hydrogen-bond acceptors (Lipinski definition) is 2. The van der Waals surface area contributed by atoms with Gasteiger partial charge in [0.05, 0.1) is 0 Å². The third kappa shape index (κ3) is 4.24. The van der Waals surface area contributed by atoms with Crippen molar-refractivity contribution in [2.75, 3.05) is 12.4 Å². The zero-order valence-corrected chi connectivity index (χ0v) is 12.5. The maximum Gasteiger partial charge on any atom is 0.321 e. The van der Waals surface area contributed by atoms with E-state index in [1.807, 2.05) is 31.3 Å². The Bertz CT molecular complexity index is 420. The van der Waals surface area contributed by atoms with Gasteiger partial charge in [0.1, 0.15) is 0 Å². The Balaban J connectivity index is 2.68. The molecule has 4 heteroatoms. The maximum absolute atomic E-state index is 12.1. The van der Waals surface area contributed by atoms with Crippen molar-refractivity contribution in [2.45, 2.75) is 40.3 Å². The van der Waals surface area contributed by atoms with E-state index < -0.39 is 0 Å². The van der Waals surface area contributed by atoms with E-state index in [1.165, 1.54) is 0 Å². The van der Waals surface area contributed by atoms with Gasteiger partial charge < -0.3 is 16.0 Å². The summed E-state index contributed by atoms with van der Waals surface area (Å²) in [6, 6.07) is 7.63. The average molecular weight is 263 g/mol. The second-order valence-corrected chi connectivity index (χ2v) is 5.98. The minimum atomic E-state index is -0.0945. The molecule has 0 aliphatic carbocycles. The molecule has 0 aromatic heterocycles. The molecule has 0 aliphatic rings. The molecule has 2 amide bonds. The topological polar surface area (TPSA) is 58.4 Å². The first kappa shape index (κ1) is 15.5. The molecular weight excluding hydrogens is 238 g/mol. The van der Waals surface area contributed by atoms with Crippen LogP contribution in [0.2, 0.25) is 0 Å². The lowest BCUT2D eigenvalue weighted by molar-refractivity contribution is 0.156. The van der Waals surface area contributed by atoms with Crippen LogP contribution in [0, 0.1) is 5.41 Å². The first-order valence-corrected chi connectivity index (χ1v) is 6.58. The minimum Gasteiger partial charge on any atom is -0.326 e. The Labute approximate surface area is 116 Å². The van der Waals surface area contributed by atoms with E-state index in [1.54, 1.807) is 4.90 Å². The Kier molecular flexibility index (Phi) is 4.95. The molecule has 0 heterocycles. The second kappa shape index (κ2) is 6.06. The number of anilines is 1. The van der Waals surface area contributed by atoms with Crippen LogP contribution in [0.25, 0.3) is 0 Å². The lowest BCUT2D eigenvalue weighted by Crippen LogP contribution is -2.44. The predicted octanol–water partition coefficient (Wildman–Crippen LogP) is 3.04. The van der Waals surface area contributed by atoms with Crippen molar-refractivity contribution >= 4 is 11.7 Å². The fourth-order valence-electron chi connectivity index (χ4n) is 1.69. The molecule has 3 N–H and O–H groups in total. The molecule has 1 aromatic carbocycles. The molecule has 0 radical (unpaired) electrons. The van der Waals surface area contributed by atoms with E-state index in [4.69, 9.17) is 5.73 Å². The maximum atomic E-state index is 12.1. The number of rotatable bonds is 3. The highest BCUT2D eigenvalue weighted by atomic mass is 16.2. The third-order valence-corrected chi connectivity index (χ3v) is 3.60. The van der Waals surface area contributed by atoms with Crippen molar-refractivity contribution in [3.63, 3.8) is 0 Å². The van der Waals surface area contributed by atoms with Crippen LogP contribution < -0.4 is 11.1 Å². The van der Waals surface area contributed by atoms with Gasteiger partial charge in [-0.1, -0.05) is 32.9 Å².